The average molecular weight is 487 g/mol. The minimum atomic E-state index is 0. The first-order valence-corrected chi connectivity index (χ1v) is 12.6. The Labute approximate surface area is 217 Å². The predicted molar refractivity (Wildman–Crippen MR) is 145 cm³/mol. The summed E-state index contributed by atoms with van der Waals surface area (Å²) in [5.41, 5.74) is 14.7. The lowest BCUT2D eigenvalue weighted by atomic mass is 9.74. The Kier molecular flexibility index (Phi) is 8.55. The van der Waals surface area contributed by atoms with Gasteiger partial charge in [-0.1, -0.05) is 39.5 Å². The summed E-state index contributed by atoms with van der Waals surface area (Å²) in [5, 5.41) is 0. The molecule has 6 rings (SSSR count). The van der Waals surface area contributed by atoms with Crippen molar-refractivity contribution in [3.63, 3.8) is 0 Å². The first kappa shape index (κ1) is 27.8. The SMILES string of the molecule is C.C.N[C@@]12CCC[C@@](C#Cc3cnccn3)(CC1)C2.N[C@]12CCC[C@](C#Cc3cnccn3)(CC1)C2. The molecule has 6 heteroatoms. The Morgan fingerprint density at radius 3 is 1.42 bits per heavy atom. The van der Waals surface area contributed by atoms with E-state index in [0.29, 0.717) is 0 Å². The molecular formula is C30H42N6. The number of rotatable bonds is 0. The molecule has 0 saturated heterocycles. The van der Waals surface area contributed by atoms with Crippen LogP contribution in [-0.4, -0.2) is 31.0 Å². The van der Waals surface area contributed by atoms with Gasteiger partial charge in [-0.3, -0.25) is 9.97 Å². The highest BCUT2D eigenvalue weighted by molar-refractivity contribution is 5.31. The third-order valence-corrected chi connectivity index (χ3v) is 8.28. The smallest absolute Gasteiger partial charge is 0.131 e. The number of nitrogens with two attached hydrogens (primary N) is 2. The molecule has 4 N–H and O–H groups in total. The van der Waals surface area contributed by atoms with Crippen LogP contribution in [0.2, 0.25) is 0 Å². The second-order valence-corrected chi connectivity index (χ2v) is 11.0. The zero-order valence-corrected chi connectivity index (χ0v) is 19.9. The fraction of sp³-hybridized carbons (Fsp3) is 0.600. The first-order chi connectivity index (χ1) is 16.4. The van der Waals surface area contributed by atoms with E-state index in [1.807, 2.05) is 0 Å². The fourth-order valence-corrected chi connectivity index (χ4v) is 6.55. The predicted octanol–water partition coefficient (Wildman–Crippen LogP) is 5.03. The van der Waals surface area contributed by atoms with Crippen molar-refractivity contribution in [2.45, 2.75) is 103 Å². The molecule has 4 atom stereocenters. The average Bonchev–Trinajstić information content (AvgIpc) is 3.25. The minimum absolute atomic E-state index is 0. The van der Waals surface area contributed by atoms with Crippen LogP contribution in [0.25, 0.3) is 0 Å². The normalized spacial score (nSPS) is 33.2. The molecular weight excluding hydrogens is 444 g/mol. The lowest BCUT2D eigenvalue weighted by Crippen LogP contribution is -2.40. The summed E-state index contributed by atoms with van der Waals surface area (Å²) in [4.78, 5) is 16.4. The Morgan fingerprint density at radius 2 is 1.03 bits per heavy atom. The van der Waals surface area contributed by atoms with Gasteiger partial charge in [0, 0.05) is 46.7 Å². The molecule has 0 aliphatic heterocycles. The molecule has 0 unspecified atom stereocenters. The van der Waals surface area contributed by atoms with Crippen LogP contribution in [0.3, 0.4) is 0 Å². The maximum Gasteiger partial charge on any atom is 0.131 e. The zero-order valence-electron chi connectivity index (χ0n) is 19.9. The number of aromatic nitrogens is 4. The first-order valence-electron chi connectivity index (χ1n) is 12.6. The zero-order chi connectivity index (χ0) is 23.5. The van der Waals surface area contributed by atoms with Crippen LogP contribution < -0.4 is 11.5 Å². The number of hydrogen-bond acceptors (Lipinski definition) is 6. The highest BCUT2D eigenvalue weighted by atomic mass is 14.8. The Hall–Kier alpha value is -2.80. The summed E-state index contributed by atoms with van der Waals surface area (Å²) in [6, 6.07) is 0. The molecule has 2 aromatic heterocycles. The van der Waals surface area contributed by atoms with E-state index in [-0.39, 0.29) is 36.8 Å². The highest BCUT2D eigenvalue weighted by Gasteiger charge is 2.49. The maximum atomic E-state index is 6.36. The van der Waals surface area contributed by atoms with Gasteiger partial charge in [0.15, 0.2) is 0 Å². The number of fused-ring (bicyclic) bond motifs is 4. The van der Waals surface area contributed by atoms with Crippen LogP contribution in [-0.2, 0) is 0 Å². The Balaban J connectivity index is 0.000000190. The molecule has 0 radical (unpaired) electrons. The maximum absolute atomic E-state index is 6.36. The molecule has 6 nitrogen and oxygen atoms in total. The topological polar surface area (TPSA) is 104 Å². The van der Waals surface area contributed by atoms with Gasteiger partial charge in [-0.2, -0.15) is 0 Å². The molecule has 36 heavy (non-hydrogen) atoms. The number of nitrogens with zero attached hydrogens (tertiary/aromatic N) is 4. The Bertz CT molecular complexity index is 1040. The van der Waals surface area contributed by atoms with Gasteiger partial charge in [-0.25, -0.2) is 9.97 Å². The van der Waals surface area contributed by atoms with Crippen LogP contribution in [0, 0.1) is 34.5 Å². The van der Waals surface area contributed by atoms with E-state index in [4.69, 9.17) is 11.5 Å². The highest BCUT2D eigenvalue weighted by Crippen LogP contribution is 2.53. The summed E-state index contributed by atoms with van der Waals surface area (Å²) in [6.45, 7) is 0. The monoisotopic (exact) mass is 486 g/mol. The van der Waals surface area contributed by atoms with Gasteiger partial charge < -0.3 is 11.5 Å². The summed E-state index contributed by atoms with van der Waals surface area (Å²) in [6.07, 6.45) is 24.0. The van der Waals surface area contributed by atoms with Crippen molar-refractivity contribution in [3.05, 3.63) is 48.6 Å². The van der Waals surface area contributed by atoms with Gasteiger partial charge in [-0.05, 0) is 76.0 Å². The van der Waals surface area contributed by atoms with E-state index in [9.17, 15) is 0 Å². The number of hydrogen-bond donors (Lipinski definition) is 2. The van der Waals surface area contributed by atoms with Gasteiger partial charge in [0.05, 0.1) is 12.4 Å². The summed E-state index contributed by atoms with van der Waals surface area (Å²) < 4.78 is 0. The van der Waals surface area contributed by atoms with Crippen molar-refractivity contribution in [2.24, 2.45) is 22.3 Å². The van der Waals surface area contributed by atoms with E-state index < -0.39 is 0 Å². The molecule has 192 valence electrons. The lowest BCUT2D eigenvalue weighted by Gasteiger charge is -2.33. The molecule has 0 spiro atoms. The quantitative estimate of drug-likeness (QED) is 0.506. The van der Waals surface area contributed by atoms with Crippen LogP contribution in [0.4, 0.5) is 0 Å². The van der Waals surface area contributed by atoms with Crippen molar-refractivity contribution in [3.8, 4) is 23.7 Å². The third-order valence-electron chi connectivity index (χ3n) is 8.28. The molecule has 4 aliphatic rings. The second-order valence-electron chi connectivity index (χ2n) is 11.0. The van der Waals surface area contributed by atoms with Crippen molar-refractivity contribution in [1.82, 2.24) is 19.9 Å². The minimum Gasteiger partial charge on any atom is -0.325 e. The van der Waals surface area contributed by atoms with Gasteiger partial charge in [0.1, 0.15) is 11.4 Å². The van der Waals surface area contributed by atoms with Crippen molar-refractivity contribution in [2.75, 3.05) is 0 Å². The molecule has 4 bridgehead atoms. The van der Waals surface area contributed by atoms with Gasteiger partial charge in [-0.15, -0.1) is 0 Å². The van der Waals surface area contributed by atoms with E-state index in [1.165, 1.54) is 38.5 Å². The largest absolute Gasteiger partial charge is 0.325 e. The third kappa shape index (κ3) is 6.30. The lowest BCUT2D eigenvalue weighted by molar-refractivity contribution is 0.256. The molecule has 2 heterocycles. The molecule has 4 fully saturated rings. The van der Waals surface area contributed by atoms with Gasteiger partial charge in [0.2, 0.25) is 0 Å². The van der Waals surface area contributed by atoms with E-state index in [0.717, 1.165) is 49.9 Å². The molecule has 2 aromatic rings. The van der Waals surface area contributed by atoms with E-state index in [1.54, 1.807) is 37.2 Å². The molecule has 4 saturated carbocycles. The van der Waals surface area contributed by atoms with Crippen LogP contribution in [0.5, 0.6) is 0 Å². The molecule has 4 aliphatic carbocycles. The molecule has 0 amide bonds. The van der Waals surface area contributed by atoms with E-state index >= 15 is 0 Å². The van der Waals surface area contributed by atoms with Crippen LogP contribution in [0.1, 0.15) is 103 Å². The van der Waals surface area contributed by atoms with Crippen molar-refractivity contribution >= 4 is 0 Å². The molecule has 0 aromatic carbocycles. The Morgan fingerprint density at radius 1 is 0.583 bits per heavy atom. The fourth-order valence-electron chi connectivity index (χ4n) is 6.55. The van der Waals surface area contributed by atoms with Crippen LogP contribution in [0.15, 0.2) is 37.2 Å². The standard InChI is InChI=1S/2C14H17N3.2CH4/c2*15-14-4-1-3-13(11-14,6-7-14)5-2-12-10-16-8-9-17-12;;/h2*8-10H,1,3-4,6-7,11,15H2;2*1H4/t2*13-,14+;;/m10../s1. The summed E-state index contributed by atoms with van der Waals surface area (Å²) in [5.74, 6) is 13.2. The van der Waals surface area contributed by atoms with Crippen molar-refractivity contribution in [1.29, 1.82) is 0 Å². The van der Waals surface area contributed by atoms with E-state index in [2.05, 4.69) is 43.6 Å². The summed E-state index contributed by atoms with van der Waals surface area (Å²) >= 11 is 0. The van der Waals surface area contributed by atoms with Gasteiger partial charge >= 0.3 is 0 Å². The second kappa shape index (κ2) is 11.1. The van der Waals surface area contributed by atoms with Gasteiger partial charge in [0.25, 0.3) is 0 Å². The van der Waals surface area contributed by atoms with Crippen molar-refractivity contribution < 1.29 is 0 Å². The summed E-state index contributed by atoms with van der Waals surface area (Å²) in [7, 11) is 0. The van der Waals surface area contributed by atoms with Crippen LogP contribution >= 0.6 is 0 Å².